The molecule has 0 aliphatic carbocycles. The Morgan fingerprint density at radius 1 is 0.875 bits per heavy atom. The maximum Gasteiger partial charge on any atom is 0.343 e. The molecule has 0 radical (unpaired) electrons. The van der Waals surface area contributed by atoms with Crippen molar-refractivity contribution >= 4 is 70.0 Å². The first-order valence-electron chi connectivity index (χ1n) is 8.93. The third kappa shape index (κ3) is 5.82. The Morgan fingerprint density at radius 3 is 2.12 bits per heavy atom. The van der Waals surface area contributed by atoms with Crippen molar-refractivity contribution in [3.05, 3.63) is 97.5 Å². The van der Waals surface area contributed by atoms with E-state index in [1.54, 1.807) is 30.3 Å². The number of hydrogen-bond acceptors (Lipinski definition) is 4. The molecule has 3 aromatic rings. The van der Waals surface area contributed by atoms with Crippen LogP contribution in [0, 0.1) is 11.3 Å². The van der Waals surface area contributed by atoms with E-state index in [0.29, 0.717) is 10.6 Å². The van der Waals surface area contributed by atoms with Crippen LogP contribution in [0.5, 0.6) is 5.75 Å². The van der Waals surface area contributed by atoms with Crippen LogP contribution in [-0.4, -0.2) is 11.9 Å². The first-order chi connectivity index (χ1) is 15.3. The Balaban J connectivity index is 1.72. The molecule has 0 unspecified atom stereocenters. The second-order valence-corrected chi connectivity index (χ2v) is 7.94. The van der Waals surface area contributed by atoms with Crippen LogP contribution in [0.1, 0.15) is 15.9 Å². The highest BCUT2D eigenvalue weighted by molar-refractivity contribution is 6.42. The van der Waals surface area contributed by atoms with Gasteiger partial charge >= 0.3 is 5.97 Å². The number of amides is 1. The number of para-hydroxylation sites is 1. The van der Waals surface area contributed by atoms with Crippen LogP contribution in [0.25, 0.3) is 6.08 Å². The second kappa shape index (κ2) is 10.5. The fraction of sp³-hybridized carbons (Fsp3) is 0. The molecule has 0 aromatic heterocycles. The van der Waals surface area contributed by atoms with E-state index in [-0.39, 0.29) is 37.6 Å². The van der Waals surface area contributed by atoms with Crippen molar-refractivity contribution < 1.29 is 14.3 Å². The van der Waals surface area contributed by atoms with Crippen molar-refractivity contribution in [2.24, 2.45) is 0 Å². The van der Waals surface area contributed by atoms with Crippen LogP contribution in [0.3, 0.4) is 0 Å². The molecule has 3 rings (SSSR count). The number of esters is 1. The number of benzene rings is 3. The van der Waals surface area contributed by atoms with E-state index in [9.17, 15) is 14.9 Å². The molecular formula is C23H12Cl4N2O3. The van der Waals surface area contributed by atoms with Gasteiger partial charge in [0.2, 0.25) is 0 Å². The van der Waals surface area contributed by atoms with Gasteiger partial charge in [-0.2, -0.15) is 5.26 Å². The summed E-state index contributed by atoms with van der Waals surface area (Å²) in [6, 6.07) is 17.2. The highest BCUT2D eigenvalue weighted by Crippen LogP contribution is 2.30. The van der Waals surface area contributed by atoms with E-state index in [1.165, 1.54) is 36.4 Å². The number of halogens is 4. The molecule has 0 heterocycles. The third-order valence-electron chi connectivity index (χ3n) is 4.12. The van der Waals surface area contributed by atoms with Crippen LogP contribution in [0.15, 0.2) is 66.2 Å². The Hall–Kier alpha value is -3.01. The van der Waals surface area contributed by atoms with E-state index >= 15 is 0 Å². The van der Waals surface area contributed by atoms with E-state index in [1.807, 2.05) is 6.07 Å². The predicted molar refractivity (Wildman–Crippen MR) is 127 cm³/mol. The Kier molecular flexibility index (Phi) is 7.79. The van der Waals surface area contributed by atoms with Crippen molar-refractivity contribution in [2.75, 3.05) is 5.32 Å². The van der Waals surface area contributed by atoms with Gasteiger partial charge in [0.25, 0.3) is 5.91 Å². The van der Waals surface area contributed by atoms with Crippen LogP contribution in [-0.2, 0) is 4.79 Å². The van der Waals surface area contributed by atoms with Gasteiger partial charge in [-0.1, -0.05) is 64.6 Å². The van der Waals surface area contributed by atoms with Crippen molar-refractivity contribution in [2.45, 2.75) is 0 Å². The minimum absolute atomic E-state index is 0.165. The van der Waals surface area contributed by atoms with Gasteiger partial charge in [-0.3, -0.25) is 4.79 Å². The maximum absolute atomic E-state index is 12.5. The number of anilines is 1. The summed E-state index contributed by atoms with van der Waals surface area (Å²) in [5, 5.41) is 13.0. The summed E-state index contributed by atoms with van der Waals surface area (Å²) in [6.45, 7) is 0. The average molecular weight is 506 g/mol. The standard InChI is InChI=1S/C23H12Cl4N2O3/c24-17-9-6-14(11-20(17)27)23(31)32-16-7-4-13(5-8-16)10-15(12-28)22(30)29-21-18(25)2-1-3-19(21)26/h1-11H,(H,29,30)/b15-10+. The highest BCUT2D eigenvalue weighted by atomic mass is 35.5. The number of nitriles is 1. The Labute approximate surface area is 203 Å². The lowest BCUT2D eigenvalue weighted by Gasteiger charge is -2.08. The molecule has 0 fully saturated rings. The molecule has 9 heteroatoms. The van der Waals surface area contributed by atoms with Crippen molar-refractivity contribution in [3.8, 4) is 11.8 Å². The molecule has 0 saturated heterocycles. The SMILES string of the molecule is N#C/C(=C\c1ccc(OC(=O)c2ccc(Cl)c(Cl)c2)cc1)C(=O)Nc1c(Cl)cccc1Cl. The molecule has 0 atom stereocenters. The van der Waals surface area contributed by atoms with E-state index in [2.05, 4.69) is 5.32 Å². The molecule has 0 spiro atoms. The lowest BCUT2D eigenvalue weighted by atomic mass is 10.1. The zero-order valence-electron chi connectivity index (χ0n) is 16.0. The monoisotopic (exact) mass is 504 g/mol. The summed E-state index contributed by atoms with van der Waals surface area (Å²) in [7, 11) is 0. The van der Waals surface area contributed by atoms with Crippen LogP contribution >= 0.6 is 46.4 Å². The molecule has 0 aliphatic heterocycles. The number of nitrogens with zero attached hydrogens (tertiary/aromatic N) is 1. The third-order valence-corrected chi connectivity index (χ3v) is 5.49. The van der Waals surface area contributed by atoms with Gasteiger partial charge in [0.15, 0.2) is 0 Å². The molecule has 1 N–H and O–H groups in total. The lowest BCUT2D eigenvalue weighted by molar-refractivity contribution is -0.112. The fourth-order valence-corrected chi connectivity index (χ4v) is 3.32. The number of rotatable bonds is 5. The van der Waals surface area contributed by atoms with Gasteiger partial charge in [-0.05, 0) is 54.1 Å². The summed E-state index contributed by atoms with van der Waals surface area (Å²) in [5.41, 5.74) is 0.828. The van der Waals surface area contributed by atoms with Crippen LogP contribution < -0.4 is 10.1 Å². The fourth-order valence-electron chi connectivity index (χ4n) is 2.53. The number of nitrogens with one attached hydrogen (secondary N) is 1. The maximum atomic E-state index is 12.5. The largest absolute Gasteiger partial charge is 0.423 e. The number of carbonyl (C=O) groups excluding carboxylic acids is 2. The van der Waals surface area contributed by atoms with Gasteiger partial charge in [0, 0.05) is 0 Å². The minimum atomic E-state index is -0.669. The first kappa shape index (κ1) is 23.6. The van der Waals surface area contributed by atoms with Crippen molar-refractivity contribution in [3.63, 3.8) is 0 Å². The highest BCUT2D eigenvalue weighted by Gasteiger charge is 2.14. The molecule has 32 heavy (non-hydrogen) atoms. The van der Waals surface area contributed by atoms with Gasteiger partial charge < -0.3 is 10.1 Å². The Morgan fingerprint density at radius 2 is 1.53 bits per heavy atom. The zero-order valence-corrected chi connectivity index (χ0v) is 19.1. The quantitative estimate of drug-likeness (QED) is 0.174. The first-order valence-corrected chi connectivity index (χ1v) is 10.4. The number of hydrogen-bond donors (Lipinski definition) is 1. The summed E-state index contributed by atoms with van der Waals surface area (Å²) in [6.07, 6.45) is 1.38. The summed E-state index contributed by atoms with van der Waals surface area (Å²) < 4.78 is 5.30. The molecule has 0 aliphatic rings. The van der Waals surface area contributed by atoms with E-state index in [4.69, 9.17) is 51.1 Å². The number of carbonyl (C=O) groups is 2. The molecular weight excluding hydrogens is 494 g/mol. The molecule has 1 amide bonds. The van der Waals surface area contributed by atoms with Gasteiger partial charge in [0.1, 0.15) is 17.4 Å². The van der Waals surface area contributed by atoms with Crippen LogP contribution in [0.4, 0.5) is 5.69 Å². The van der Waals surface area contributed by atoms with Crippen molar-refractivity contribution in [1.29, 1.82) is 5.26 Å². The van der Waals surface area contributed by atoms with Crippen LogP contribution in [0.2, 0.25) is 20.1 Å². The summed E-state index contributed by atoms with van der Waals surface area (Å²) in [4.78, 5) is 24.7. The van der Waals surface area contributed by atoms with E-state index < -0.39 is 11.9 Å². The number of ether oxygens (including phenoxy) is 1. The molecule has 0 bridgehead atoms. The molecule has 3 aromatic carbocycles. The predicted octanol–water partition coefficient (Wildman–Crippen LogP) is 7.07. The summed E-state index contributed by atoms with van der Waals surface area (Å²) in [5.74, 6) is -1.01. The van der Waals surface area contributed by atoms with Gasteiger partial charge in [-0.25, -0.2) is 4.79 Å². The van der Waals surface area contributed by atoms with Crippen molar-refractivity contribution in [1.82, 2.24) is 0 Å². The van der Waals surface area contributed by atoms with E-state index in [0.717, 1.165) is 0 Å². The second-order valence-electron chi connectivity index (χ2n) is 6.31. The molecule has 5 nitrogen and oxygen atoms in total. The van der Waals surface area contributed by atoms with Gasteiger partial charge in [-0.15, -0.1) is 0 Å². The topological polar surface area (TPSA) is 79.2 Å². The zero-order chi connectivity index (χ0) is 23.3. The molecule has 0 saturated carbocycles. The average Bonchev–Trinajstić information content (AvgIpc) is 2.77. The normalized spacial score (nSPS) is 10.9. The smallest absolute Gasteiger partial charge is 0.343 e. The van der Waals surface area contributed by atoms with Gasteiger partial charge in [0.05, 0.1) is 31.3 Å². The minimum Gasteiger partial charge on any atom is -0.423 e. The lowest BCUT2D eigenvalue weighted by Crippen LogP contribution is -2.14. The summed E-state index contributed by atoms with van der Waals surface area (Å²) >= 11 is 23.9. The molecule has 160 valence electrons. The Bertz CT molecular complexity index is 1240.